The summed E-state index contributed by atoms with van der Waals surface area (Å²) in [5.41, 5.74) is 1.14. The lowest BCUT2D eigenvalue weighted by Gasteiger charge is -2.16. The van der Waals surface area contributed by atoms with Gasteiger partial charge < -0.3 is 24.8 Å². The highest BCUT2D eigenvalue weighted by Crippen LogP contribution is 2.27. The standard InChI is InChI=1S/C23H37N3O3/c1-2-24-23(25-13-7-14-27-17-19-12-15-28-18-19)26-16-20-8-3-6-11-22(20)29-21-9-4-5-10-21/h3,6,8,11,19,21H,2,4-5,7,9-10,12-18H2,1H3,(H2,24,25,26). The van der Waals surface area contributed by atoms with E-state index in [1.807, 2.05) is 6.07 Å². The van der Waals surface area contributed by atoms with Gasteiger partial charge >= 0.3 is 0 Å². The SMILES string of the molecule is CCNC(=NCc1ccccc1OC1CCCC1)NCCCOCC1CCOC1. The average molecular weight is 404 g/mol. The zero-order chi connectivity index (χ0) is 20.2. The fraction of sp³-hybridized carbons (Fsp3) is 0.696. The topological polar surface area (TPSA) is 64.1 Å². The number of rotatable bonds is 11. The van der Waals surface area contributed by atoms with Crippen molar-refractivity contribution in [3.05, 3.63) is 29.8 Å². The van der Waals surface area contributed by atoms with Gasteiger partial charge in [-0.3, -0.25) is 0 Å². The van der Waals surface area contributed by atoms with Crippen LogP contribution in [0, 0.1) is 5.92 Å². The minimum Gasteiger partial charge on any atom is -0.490 e. The van der Waals surface area contributed by atoms with Crippen LogP contribution in [0.2, 0.25) is 0 Å². The molecule has 1 aliphatic carbocycles. The molecule has 1 saturated heterocycles. The fourth-order valence-corrected chi connectivity index (χ4v) is 3.79. The minimum absolute atomic E-state index is 0.363. The van der Waals surface area contributed by atoms with Crippen LogP contribution in [0.5, 0.6) is 5.75 Å². The molecule has 1 aromatic rings. The molecule has 1 aliphatic heterocycles. The number of para-hydroxylation sites is 1. The van der Waals surface area contributed by atoms with Crippen LogP contribution in [0.3, 0.4) is 0 Å². The van der Waals surface area contributed by atoms with E-state index < -0.39 is 0 Å². The second kappa shape index (κ2) is 12.7. The highest BCUT2D eigenvalue weighted by Gasteiger charge is 2.18. The van der Waals surface area contributed by atoms with Crippen LogP contribution in [-0.2, 0) is 16.0 Å². The molecule has 0 aromatic heterocycles. The first kappa shape index (κ1) is 21.9. The van der Waals surface area contributed by atoms with Crippen LogP contribution in [-0.4, -0.2) is 51.6 Å². The molecule has 0 spiro atoms. The summed E-state index contributed by atoms with van der Waals surface area (Å²) in [6.45, 7) is 7.68. The molecule has 3 rings (SSSR count). The second-order valence-corrected chi connectivity index (χ2v) is 7.91. The molecule has 2 N–H and O–H groups in total. The van der Waals surface area contributed by atoms with Gasteiger partial charge in [0.2, 0.25) is 0 Å². The third kappa shape index (κ3) is 7.86. The third-order valence-electron chi connectivity index (χ3n) is 5.46. The summed E-state index contributed by atoms with van der Waals surface area (Å²) >= 11 is 0. The van der Waals surface area contributed by atoms with Crippen LogP contribution < -0.4 is 15.4 Å². The Morgan fingerprint density at radius 2 is 2.03 bits per heavy atom. The van der Waals surface area contributed by atoms with Crippen LogP contribution in [0.1, 0.15) is 51.0 Å². The van der Waals surface area contributed by atoms with Gasteiger partial charge in [0.15, 0.2) is 5.96 Å². The molecule has 6 nitrogen and oxygen atoms in total. The maximum atomic E-state index is 6.23. The number of ether oxygens (including phenoxy) is 3. The van der Waals surface area contributed by atoms with Gasteiger partial charge in [-0.1, -0.05) is 18.2 Å². The molecule has 0 amide bonds. The maximum Gasteiger partial charge on any atom is 0.191 e. The number of benzene rings is 1. The molecule has 6 heteroatoms. The van der Waals surface area contributed by atoms with E-state index in [1.165, 1.54) is 12.8 Å². The van der Waals surface area contributed by atoms with Crippen molar-refractivity contribution in [2.24, 2.45) is 10.9 Å². The smallest absolute Gasteiger partial charge is 0.191 e. The molecule has 1 saturated carbocycles. The number of hydrogen-bond acceptors (Lipinski definition) is 4. The van der Waals surface area contributed by atoms with Crippen molar-refractivity contribution in [2.45, 2.75) is 58.1 Å². The normalized spacial score (nSPS) is 20.2. The summed E-state index contributed by atoms with van der Waals surface area (Å²) in [5.74, 6) is 2.39. The van der Waals surface area contributed by atoms with Crippen LogP contribution in [0.15, 0.2) is 29.3 Å². The zero-order valence-corrected chi connectivity index (χ0v) is 17.8. The molecule has 1 unspecified atom stereocenters. The Morgan fingerprint density at radius 1 is 1.17 bits per heavy atom. The number of nitrogens with one attached hydrogen (secondary N) is 2. The Morgan fingerprint density at radius 3 is 2.83 bits per heavy atom. The number of hydrogen-bond donors (Lipinski definition) is 2. The Kier molecular flexibility index (Phi) is 9.60. The summed E-state index contributed by atoms with van der Waals surface area (Å²) in [6, 6.07) is 8.27. The molecule has 162 valence electrons. The van der Waals surface area contributed by atoms with Crippen molar-refractivity contribution >= 4 is 5.96 Å². The number of aliphatic imine (C=N–C) groups is 1. The maximum absolute atomic E-state index is 6.23. The number of nitrogens with zero attached hydrogens (tertiary/aromatic N) is 1. The zero-order valence-electron chi connectivity index (χ0n) is 17.8. The summed E-state index contributed by atoms with van der Waals surface area (Å²) < 4.78 is 17.4. The highest BCUT2D eigenvalue weighted by atomic mass is 16.5. The Bertz CT molecular complexity index is 611. The molecule has 29 heavy (non-hydrogen) atoms. The quantitative estimate of drug-likeness (QED) is 0.336. The summed E-state index contributed by atoms with van der Waals surface area (Å²) in [6.07, 6.45) is 7.33. The molecule has 0 radical (unpaired) electrons. The van der Waals surface area contributed by atoms with E-state index >= 15 is 0 Å². The lowest BCUT2D eigenvalue weighted by molar-refractivity contribution is 0.0888. The van der Waals surface area contributed by atoms with Gasteiger partial charge in [0.1, 0.15) is 5.75 Å². The molecular weight excluding hydrogens is 366 g/mol. The van der Waals surface area contributed by atoms with Crippen LogP contribution in [0.4, 0.5) is 0 Å². The second-order valence-electron chi connectivity index (χ2n) is 7.91. The minimum atomic E-state index is 0.363. The van der Waals surface area contributed by atoms with Crippen molar-refractivity contribution < 1.29 is 14.2 Å². The van der Waals surface area contributed by atoms with Gasteiger partial charge in [0.25, 0.3) is 0 Å². The van der Waals surface area contributed by atoms with Gasteiger partial charge in [0, 0.05) is 37.8 Å². The third-order valence-corrected chi connectivity index (χ3v) is 5.46. The Balaban J connectivity index is 1.41. The summed E-state index contributed by atoms with van der Waals surface area (Å²) in [4.78, 5) is 4.76. The van der Waals surface area contributed by atoms with Gasteiger partial charge in [-0.15, -0.1) is 0 Å². The predicted molar refractivity (Wildman–Crippen MR) is 117 cm³/mol. The van der Waals surface area contributed by atoms with Crippen molar-refractivity contribution in [1.29, 1.82) is 0 Å². The largest absolute Gasteiger partial charge is 0.490 e. The average Bonchev–Trinajstić information content (AvgIpc) is 3.44. The number of guanidine groups is 1. The summed E-state index contributed by atoms with van der Waals surface area (Å²) in [7, 11) is 0. The van der Waals surface area contributed by atoms with E-state index in [1.54, 1.807) is 0 Å². The first-order chi connectivity index (χ1) is 14.3. The van der Waals surface area contributed by atoms with Crippen molar-refractivity contribution in [2.75, 3.05) is 39.5 Å². The van der Waals surface area contributed by atoms with Crippen LogP contribution in [0.25, 0.3) is 0 Å². The predicted octanol–water partition coefficient (Wildman–Crippen LogP) is 3.51. The Labute approximate surface area is 175 Å². The van der Waals surface area contributed by atoms with Gasteiger partial charge in [-0.2, -0.15) is 0 Å². The van der Waals surface area contributed by atoms with Gasteiger partial charge in [-0.05, 0) is 51.5 Å². The summed E-state index contributed by atoms with van der Waals surface area (Å²) in [5, 5.41) is 6.73. The van der Waals surface area contributed by atoms with Crippen molar-refractivity contribution in [1.82, 2.24) is 10.6 Å². The molecule has 1 aromatic carbocycles. The van der Waals surface area contributed by atoms with Crippen LogP contribution >= 0.6 is 0 Å². The van der Waals surface area contributed by atoms with E-state index in [4.69, 9.17) is 19.2 Å². The fourth-order valence-electron chi connectivity index (χ4n) is 3.79. The van der Waals surface area contributed by atoms with E-state index in [0.717, 1.165) is 82.5 Å². The molecule has 2 aliphatic rings. The molecule has 2 fully saturated rings. The van der Waals surface area contributed by atoms with E-state index in [0.29, 0.717) is 18.6 Å². The Hall–Kier alpha value is -1.79. The van der Waals surface area contributed by atoms with Crippen molar-refractivity contribution in [3.8, 4) is 5.75 Å². The molecule has 1 heterocycles. The van der Waals surface area contributed by atoms with E-state index in [2.05, 4.69) is 35.8 Å². The van der Waals surface area contributed by atoms with Gasteiger partial charge in [-0.25, -0.2) is 4.99 Å². The highest BCUT2D eigenvalue weighted by molar-refractivity contribution is 5.79. The lowest BCUT2D eigenvalue weighted by atomic mass is 10.1. The van der Waals surface area contributed by atoms with E-state index in [-0.39, 0.29) is 0 Å². The molecule has 0 bridgehead atoms. The molecular formula is C23H37N3O3. The van der Waals surface area contributed by atoms with E-state index in [9.17, 15) is 0 Å². The monoisotopic (exact) mass is 403 g/mol. The van der Waals surface area contributed by atoms with Crippen molar-refractivity contribution in [3.63, 3.8) is 0 Å². The molecule has 1 atom stereocenters. The lowest BCUT2D eigenvalue weighted by Crippen LogP contribution is -2.38. The first-order valence-electron chi connectivity index (χ1n) is 11.3. The first-order valence-corrected chi connectivity index (χ1v) is 11.3. The van der Waals surface area contributed by atoms with Gasteiger partial charge in [0.05, 0.1) is 25.9 Å².